The Morgan fingerprint density at radius 3 is 2.57 bits per heavy atom. The lowest BCUT2D eigenvalue weighted by Crippen LogP contribution is -2.14. The SMILES string of the molecule is C=CC(=O)OC(C)CCCCCOC(=O)c1c(C(=O)O)ccc2ccccc12. The molecule has 0 spiro atoms. The molecule has 6 heteroatoms. The summed E-state index contributed by atoms with van der Waals surface area (Å²) in [5, 5.41) is 10.7. The normalized spacial score (nSPS) is 11.6. The van der Waals surface area contributed by atoms with E-state index in [0.29, 0.717) is 18.2 Å². The average Bonchev–Trinajstić information content (AvgIpc) is 2.69. The standard InChI is InChI=1S/C22H24O6/c1-3-19(23)28-15(2)9-5-4-8-14-27-22(26)20-17-11-7-6-10-16(17)12-13-18(20)21(24)25/h3,6-7,10-13,15H,1,4-5,8-9,14H2,2H3,(H,24,25). The van der Waals surface area contributed by atoms with Crippen molar-refractivity contribution in [1.82, 2.24) is 0 Å². The van der Waals surface area contributed by atoms with Crippen molar-refractivity contribution in [1.29, 1.82) is 0 Å². The van der Waals surface area contributed by atoms with Crippen LogP contribution in [0, 0.1) is 0 Å². The van der Waals surface area contributed by atoms with Crippen LogP contribution in [0.5, 0.6) is 0 Å². The van der Waals surface area contributed by atoms with E-state index in [1.165, 1.54) is 6.07 Å². The fraction of sp³-hybridized carbons (Fsp3) is 0.318. The molecule has 0 saturated heterocycles. The molecule has 28 heavy (non-hydrogen) atoms. The van der Waals surface area contributed by atoms with Crippen LogP contribution in [0.3, 0.4) is 0 Å². The number of rotatable bonds is 10. The highest BCUT2D eigenvalue weighted by atomic mass is 16.5. The number of fused-ring (bicyclic) bond motifs is 1. The van der Waals surface area contributed by atoms with E-state index in [-0.39, 0.29) is 23.8 Å². The molecule has 1 N–H and O–H groups in total. The van der Waals surface area contributed by atoms with Crippen LogP contribution in [-0.2, 0) is 14.3 Å². The number of carboxylic acid groups (broad SMARTS) is 1. The van der Waals surface area contributed by atoms with Crippen LogP contribution in [0.15, 0.2) is 49.1 Å². The number of ether oxygens (including phenoxy) is 2. The van der Waals surface area contributed by atoms with Crippen LogP contribution in [0.25, 0.3) is 10.8 Å². The first-order chi connectivity index (χ1) is 13.4. The van der Waals surface area contributed by atoms with Gasteiger partial charge in [0.2, 0.25) is 0 Å². The second kappa shape index (κ2) is 10.3. The van der Waals surface area contributed by atoms with Crippen molar-refractivity contribution in [2.24, 2.45) is 0 Å². The van der Waals surface area contributed by atoms with Gasteiger partial charge < -0.3 is 14.6 Å². The van der Waals surface area contributed by atoms with Gasteiger partial charge in [-0.2, -0.15) is 0 Å². The summed E-state index contributed by atoms with van der Waals surface area (Å²) in [5.41, 5.74) is 0.0112. The Morgan fingerprint density at radius 2 is 1.86 bits per heavy atom. The number of carbonyl (C=O) groups excluding carboxylic acids is 2. The summed E-state index contributed by atoms with van der Waals surface area (Å²) >= 11 is 0. The lowest BCUT2D eigenvalue weighted by molar-refractivity contribution is -0.142. The van der Waals surface area contributed by atoms with E-state index >= 15 is 0 Å². The van der Waals surface area contributed by atoms with E-state index in [9.17, 15) is 19.5 Å². The number of esters is 2. The predicted molar refractivity (Wildman–Crippen MR) is 105 cm³/mol. The molecule has 0 aliphatic carbocycles. The van der Waals surface area contributed by atoms with Crippen molar-refractivity contribution in [3.63, 3.8) is 0 Å². The smallest absolute Gasteiger partial charge is 0.339 e. The first kappa shape index (κ1) is 21.2. The summed E-state index contributed by atoms with van der Waals surface area (Å²) < 4.78 is 10.4. The van der Waals surface area contributed by atoms with Gasteiger partial charge in [-0.3, -0.25) is 0 Å². The molecule has 0 saturated carbocycles. The van der Waals surface area contributed by atoms with E-state index in [2.05, 4.69) is 6.58 Å². The third kappa shape index (κ3) is 5.67. The second-order valence-corrected chi connectivity index (χ2v) is 6.45. The minimum absolute atomic E-state index is 0.0680. The van der Waals surface area contributed by atoms with Gasteiger partial charge in [-0.1, -0.05) is 36.9 Å². The maximum atomic E-state index is 12.5. The lowest BCUT2D eigenvalue weighted by atomic mass is 9.99. The molecule has 0 radical (unpaired) electrons. The highest BCUT2D eigenvalue weighted by molar-refractivity contribution is 6.12. The molecule has 1 atom stereocenters. The first-order valence-electron chi connectivity index (χ1n) is 9.19. The predicted octanol–water partition coefficient (Wildman–Crippen LogP) is 4.37. The molecular formula is C22H24O6. The summed E-state index contributed by atoms with van der Waals surface area (Å²) in [7, 11) is 0. The Bertz CT molecular complexity index is 870. The van der Waals surface area contributed by atoms with Gasteiger partial charge in [0.1, 0.15) is 0 Å². The summed E-state index contributed by atoms with van der Waals surface area (Å²) in [6, 6.07) is 10.2. The molecule has 6 nitrogen and oxygen atoms in total. The van der Waals surface area contributed by atoms with Gasteiger partial charge in [0.15, 0.2) is 0 Å². The van der Waals surface area contributed by atoms with Gasteiger partial charge >= 0.3 is 17.9 Å². The number of carbonyl (C=O) groups is 3. The van der Waals surface area contributed by atoms with Gasteiger partial charge in [0.25, 0.3) is 0 Å². The van der Waals surface area contributed by atoms with Crippen LogP contribution in [0.4, 0.5) is 0 Å². The molecule has 1 unspecified atom stereocenters. The van der Waals surface area contributed by atoms with E-state index in [1.54, 1.807) is 18.2 Å². The number of benzene rings is 2. The molecule has 0 heterocycles. The number of hydrogen-bond donors (Lipinski definition) is 1. The van der Waals surface area contributed by atoms with E-state index < -0.39 is 17.9 Å². The Kier molecular flexibility index (Phi) is 7.75. The van der Waals surface area contributed by atoms with Crippen LogP contribution >= 0.6 is 0 Å². The van der Waals surface area contributed by atoms with Gasteiger partial charge in [-0.05, 0) is 49.4 Å². The lowest BCUT2D eigenvalue weighted by Gasteiger charge is -2.12. The van der Waals surface area contributed by atoms with Crippen LogP contribution in [0.2, 0.25) is 0 Å². The van der Waals surface area contributed by atoms with Crippen molar-refractivity contribution in [3.05, 3.63) is 60.2 Å². The fourth-order valence-corrected chi connectivity index (χ4v) is 2.92. The summed E-state index contributed by atoms with van der Waals surface area (Å²) in [6.07, 6.45) is 3.90. The van der Waals surface area contributed by atoms with Crippen molar-refractivity contribution in [2.45, 2.75) is 38.7 Å². The van der Waals surface area contributed by atoms with Crippen molar-refractivity contribution in [2.75, 3.05) is 6.61 Å². The summed E-state index contributed by atoms with van der Waals surface area (Å²) in [5.74, 6) is -2.24. The van der Waals surface area contributed by atoms with E-state index in [1.807, 2.05) is 19.1 Å². The first-order valence-corrected chi connectivity index (χ1v) is 9.19. The zero-order chi connectivity index (χ0) is 20.5. The third-order valence-corrected chi connectivity index (χ3v) is 4.34. The summed E-state index contributed by atoms with van der Waals surface area (Å²) in [6.45, 7) is 5.36. The van der Waals surface area contributed by atoms with E-state index in [4.69, 9.17) is 9.47 Å². The van der Waals surface area contributed by atoms with Crippen molar-refractivity contribution >= 4 is 28.7 Å². The Labute approximate surface area is 163 Å². The second-order valence-electron chi connectivity index (χ2n) is 6.45. The third-order valence-electron chi connectivity index (χ3n) is 4.34. The number of hydrogen-bond acceptors (Lipinski definition) is 5. The molecule has 0 amide bonds. The fourth-order valence-electron chi connectivity index (χ4n) is 2.92. The largest absolute Gasteiger partial charge is 0.478 e. The van der Waals surface area contributed by atoms with Crippen LogP contribution < -0.4 is 0 Å². The van der Waals surface area contributed by atoms with Crippen LogP contribution in [0.1, 0.15) is 53.3 Å². The molecule has 2 aromatic carbocycles. The molecule has 0 aliphatic rings. The van der Waals surface area contributed by atoms with Gasteiger partial charge in [0.05, 0.1) is 23.8 Å². The molecule has 0 bridgehead atoms. The molecule has 148 valence electrons. The van der Waals surface area contributed by atoms with Crippen LogP contribution in [-0.4, -0.2) is 35.7 Å². The maximum absolute atomic E-state index is 12.5. The molecule has 2 rings (SSSR count). The molecule has 0 fully saturated rings. The molecular weight excluding hydrogens is 360 g/mol. The average molecular weight is 384 g/mol. The number of carboxylic acids is 1. The quantitative estimate of drug-likeness (QED) is 0.372. The minimum Gasteiger partial charge on any atom is -0.478 e. The minimum atomic E-state index is -1.17. The maximum Gasteiger partial charge on any atom is 0.339 e. The number of aromatic carboxylic acids is 1. The van der Waals surface area contributed by atoms with Crippen molar-refractivity contribution < 1.29 is 29.0 Å². The summed E-state index contributed by atoms with van der Waals surface area (Å²) in [4.78, 5) is 35.1. The Hall–Kier alpha value is -3.15. The van der Waals surface area contributed by atoms with E-state index in [0.717, 1.165) is 24.3 Å². The topological polar surface area (TPSA) is 89.9 Å². The van der Waals surface area contributed by atoms with Gasteiger partial charge in [0, 0.05) is 6.08 Å². The van der Waals surface area contributed by atoms with Gasteiger partial charge in [-0.15, -0.1) is 0 Å². The Balaban J connectivity index is 1.88. The molecule has 2 aromatic rings. The number of unbranched alkanes of at least 4 members (excludes halogenated alkanes) is 2. The zero-order valence-electron chi connectivity index (χ0n) is 15.8. The molecule has 0 aromatic heterocycles. The molecule has 0 aliphatic heterocycles. The highest BCUT2D eigenvalue weighted by Crippen LogP contribution is 2.24. The Morgan fingerprint density at radius 1 is 1.11 bits per heavy atom. The van der Waals surface area contributed by atoms with Gasteiger partial charge in [-0.25, -0.2) is 14.4 Å². The monoisotopic (exact) mass is 384 g/mol. The van der Waals surface area contributed by atoms with Crippen molar-refractivity contribution in [3.8, 4) is 0 Å². The zero-order valence-corrected chi connectivity index (χ0v) is 15.8. The highest BCUT2D eigenvalue weighted by Gasteiger charge is 2.20.